The third-order valence-corrected chi connectivity index (χ3v) is 4.33. The lowest BCUT2D eigenvalue weighted by molar-refractivity contribution is -0.143. The van der Waals surface area contributed by atoms with E-state index < -0.39 is 12.7 Å². The van der Waals surface area contributed by atoms with Gasteiger partial charge in [-0.3, -0.25) is 9.89 Å². The van der Waals surface area contributed by atoms with Gasteiger partial charge < -0.3 is 15.5 Å². The van der Waals surface area contributed by atoms with Crippen LogP contribution >= 0.6 is 0 Å². The molecule has 142 valence electrons. The molecular weight excluding hydrogens is 319 g/mol. The molecule has 2 N–H and O–H groups in total. The van der Waals surface area contributed by atoms with E-state index in [1.807, 2.05) is 0 Å². The van der Waals surface area contributed by atoms with Crippen molar-refractivity contribution in [1.82, 2.24) is 20.4 Å². The average Bonchev–Trinajstić information content (AvgIpc) is 2.94. The highest BCUT2D eigenvalue weighted by atomic mass is 19.4. The van der Waals surface area contributed by atoms with Crippen LogP contribution in [0.25, 0.3) is 0 Å². The van der Waals surface area contributed by atoms with Crippen LogP contribution in [-0.4, -0.2) is 80.8 Å². The first-order valence-electron chi connectivity index (χ1n) is 8.86. The van der Waals surface area contributed by atoms with Gasteiger partial charge in [-0.15, -0.1) is 0 Å². The fourth-order valence-corrected chi connectivity index (χ4v) is 2.94. The van der Waals surface area contributed by atoms with E-state index >= 15 is 0 Å². The lowest BCUT2D eigenvalue weighted by Crippen LogP contribution is -2.45. The second kappa shape index (κ2) is 10.8. The first kappa shape index (κ1) is 21.0. The average molecular weight is 351 g/mol. The van der Waals surface area contributed by atoms with Crippen molar-refractivity contribution in [1.29, 1.82) is 0 Å². The van der Waals surface area contributed by atoms with Crippen molar-refractivity contribution in [2.45, 2.75) is 45.3 Å². The number of alkyl halides is 3. The van der Waals surface area contributed by atoms with Crippen LogP contribution in [-0.2, 0) is 0 Å². The normalized spacial score (nSPS) is 20.0. The van der Waals surface area contributed by atoms with Gasteiger partial charge in [0.15, 0.2) is 5.96 Å². The number of guanidine groups is 1. The molecule has 1 atom stereocenters. The summed E-state index contributed by atoms with van der Waals surface area (Å²) in [5.74, 6) is 0.677. The Bertz CT molecular complexity index is 369. The molecule has 1 aliphatic rings. The molecule has 0 saturated carbocycles. The highest BCUT2D eigenvalue weighted by Crippen LogP contribution is 2.19. The SMILES string of the molecule is CCN(CC)CCCCNC(=NC)NC1CCN(CC(F)(F)F)C1. The van der Waals surface area contributed by atoms with Crippen molar-refractivity contribution in [2.75, 3.05) is 52.9 Å². The van der Waals surface area contributed by atoms with E-state index in [1.54, 1.807) is 7.05 Å². The van der Waals surface area contributed by atoms with Gasteiger partial charge in [-0.1, -0.05) is 13.8 Å². The van der Waals surface area contributed by atoms with E-state index in [0.29, 0.717) is 25.5 Å². The Morgan fingerprint density at radius 1 is 1.25 bits per heavy atom. The number of nitrogens with one attached hydrogen (secondary N) is 2. The second-order valence-electron chi connectivity index (χ2n) is 6.21. The molecule has 0 spiro atoms. The Balaban J connectivity index is 2.19. The summed E-state index contributed by atoms with van der Waals surface area (Å²) in [4.78, 5) is 7.99. The van der Waals surface area contributed by atoms with Gasteiger partial charge in [0.2, 0.25) is 0 Å². The molecule has 1 heterocycles. The highest BCUT2D eigenvalue weighted by molar-refractivity contribution is 5.79. The van der Waals surface area contributed by atoms with Crippen molar-refractivity contribution in [3.05, 3.63) is 0 Å². The summed E-state index contributed by atoms with van der Waals surface area (Å²) in [7, 11) is 1.69. The molecule has 0 aromatic rings. The summed E-state index contributed by atoms with van der Waals surface area (Å²) in [5.41, 5.74) is 0. The van der Waals surface area contributed by atoms with Gasteiger partial charge in [-0.05, 0) is 38.9 Å². The number of rotatable bonds is 9. The lowest BCUT2D eigenvalue weighted by Gasteiger charge is -2.20. The molecule has 0 amide bonds. The zero-order chi connectivity index (χ0) is 18.0. The number of halogens is 3. The maximum Gasteiger partial charge on any atom is 0.401 e. The van der Waals surface area contributed by atoms with Gasteiger partial charge in [0.25, 0.3) is 0 Å². The number of unbranched alkanes of at least 4 members (excludes halogenated alkanes) is 1. The molecule has 8 heteroatoms. The third kappa shape index (κ3) is 8.73. The Labute approximate surface area is 143 Å². The van der Waals surface area contributed by atoms with Gasteiger partial charge in [-0.2, -0.15) is 13.2 Å². The molecule has 1 fully saturated rings. The van der Waals surface area contributed by atoms with E-state index in [4.69, 9.17) is 0 Å². The first-order valence-corrected chi connectivity index (χ1v) is 8.86. The Morgan fingerprint density at radius 3 is 2.54 bits per heavy atom. The van der Waals surface area contributed by atoms with E-state index in [9.17, 15) is 13.2 Å². The standard InChI is InChI=1S/C16H32F3N5/c1-4-23(5-2)10-7-6-9-21-15(20-3)22-14-8-11-24(12-14)13-16(17,18)19/h14H,4-13H2,1-3H3,(H2,20,21,22). The van der Waals surface area contributed by atoms with E-state index in [2.05, 4.69) is 34.4 Å². The minimum atomic E-state index is -4.13. The largest absolute Gasteiger partial charge is 0.401 e. The minimum Gasteiger partial charge on any atom is -0.356 e. The van der Waals surface area contributed by atoms with Crippen LogP contribution in [0.15, 0.2) is 4.99 Å². The highest BCUT2D eigenvalue weighted by Gasteiger charge is 2.34. The van der Waals surface area contributed by atoms with Crippen LogP contribution in [0.3, 0.4) is 0 Å². The predicted molar refractivity (Wildman–Crippen MR) is 92.4 cm³/mol. The van der Waals surface area contributed by atoms with E-state index in [1.165, 1.54) is 4.90 Å². The molecule has 0 bridgehead atoms. The summed E-state index contributed by atoms with van der Waals surface area (Å²) in [5, 5.41) is 6.47. The molecule has 0 aromatic heterocycles. The number of likely N-dealkylation sites (tertiary alicyclic amines) is 1. The maximum atomic E-state index is 12.4. The van der Waals surface area contributed by atoms with Gasteiger partial charge in [-0.25, -0.2) is 0 Å². The topological polar surface area (TPSA) is 42.9 Å². The molecule has 1 saturated heterocycles. The van der Waals surface area contributed by atoms with Crippen LogP contribution in [0, 0.1) is 0 Å². The fraction of sp³-hybridized carbons (Fsp3) is 0.938. The Hall–Kier alpha value is -1.02. The lowest BCUT2D eigenvalue weighted by atomic mass is 10.2. The molecular formula is C16H32F3N5. The van der Waals surface area contributed by atoms with Gasteiger partial charge in [0, 0.05) is 32.7 Å². The molecule has 0 radical (unpaired) electrons. The van der Waals surface area contributed by atoms with E-state index in [0.717, 1.165) is 39.0 Å². The summed E-state index contributed by atoms with van der Waals surface area (Å²) in [6.45, 7) is 8.43. The first-order chi connectivity index (χ1) is 11.4. The van der Waals surface area contributed by atoms with Crippen molar-refractivity contribution in [3.63, 3.8) is 0 Å². The van der Waals surface area contributed by atoms with Gasteiger partial charge in [0.05, 0.1) is 6.54 Å². The second-order valence-corrected chi connectivity index (χ2v) is 6.21. The summed E-state index contributed by atoms with van der Waals surface area (Å²) in [6.07, 6.45) is -1.26. The number of nitrogens with zero attached hydrogens (tertiary/aromatic N) is 3. The van der Waals surface area contributed by atoms with E-state index in [-0.39, 0.29) is 6.04 Å². The summed E-state index contributed by atoms with van der Waals surface area (Å²) < 4.78 is 37.2. The van der Waals surface area contributed by atoms with Gasteiger partial charge >= 0.3 is 6.18 Å². The molecule has 1 unspecified atom stereocenters. The number of aliphatic imine (C=N–C) groups is 1. The fourth-order valence-electron chi connectivity index (χ4n) is 2.94. The zero-order valence-corrected chi connectivity index (χ0v) is 15.1. The number of hydrogen-bond acceptors (Lipinski definition) is 3. The number of hydrogen-bond donors (Lipinski definition) is 2. The molecule has 5 nitrogen and oxygen atoms in total. The minimum absolute atomic E-state index is 0.0224. The summed E-state index contributed by atoms with van der Waals surface area (Å²) in [6, 6.07) is 0.0224. The van der Waals surface area contributed by atoms with Crippen molar-refractivity contribution in [2.24, 2.45) is 4.99 Å². The molecule has 24 heavy (non-hydrogen) atoms. The van der Waals surface area contributed by atoms with Gasteiger partial charge in [0.1, 0.15) is 0 Å². The zero-order valence-electron chi connectivity index (χ0n) is 15.1. The Kier molecular flexibility index (Phi) is 9.43. The van der Waals surface area contributed by atoms with Crippen LogP contribution in [0.5, 0.6) is 0 Å². The van der Waals surface area contributed by atoms with Crippen molar-refractivity contribution < 1.29 is 13.2 Å². The van der Waals surface area contributed by atoms with Crippen molar-refractivity contribution in [3.8, 4) is 0 Å². The van der Waals surface area contributed by atoms with Crippen molar-refractivity contribution >= 4 is 5.96 Å². The third-order valence-electron chi connectivity index (χ3n) is 4.33. The molecule has 0 aromatic carbocycles. The maximum absolute atomic E-state index is 12.4. The Morgan fingerprint density at radius 2 is 1.96 bits per heavy atom. The van der Waals surface area contributed by atoms with Crippen LogP contribution in [0.1, 0.15) is 33.1 Å². The molecule has 1 rings (SSSR count). The quantitative estimate of drug-likeness (QED) is 0.378. The monoisotopic (exact) mass is 351 g/mol. The smallest absolute Gasteiger partial charge is 0.356 e. The van der Waals surface area contributed by atoms with Crippen LogP contribution in [0.2, 0.25) is 0 Å². The van der Waals surface area contributed by atoms with Crippen LogP contribution in [0.4, 0.5) is 13.2 Å². The molecule has 1 aliphatic heterocycles. The predicted octanol–water partition coefficient (Wildman–Crippen LogP) is 1.91. The molecule has 0 aliphatic carbocycles. The van der Waals surface area contributed by atoms with Crippen LogP contribution < -0.4 is 10.6 Å². The summed E-state index contributed by atoms with van der Waals surface area (Å²) >= 11 is 0.